The monoisotopic (exact) mass is 331 g/mol. The highest BCUT2D eigenvalue weighted by Gasteiger charge is 2.17. The van der Waals surface area contributed by atoms with E-state index in [9.17, 15) is 4.79 Å². The van der Waals surface area contributed by atoms with E-state index in [1.54, 1.807) is 6.07 Å². The third-order valence-corrected chi connectivity index (χ3v) is 4.87. The number of nitrogens with one attached hydrogen (secondary N) is 1. The molecule has 0 aliphatic carbocycles. The predicted octanol–water partition coefficient (Wildman–Crippen LogP) is 3.22. The van der Waals surface area contributed by atoms with Crippen LogP contribution in [-0.4, -0.2) is 24.0 Å². The highest BCUT2D eigenvalue weighted by atomic mass is 79.9. The van der Waals surface area contributed by atoms with Gasteiger partial charge in [-0.05, 0) is 42.0 Å². The normalized spacial score (nSPS) is 19.3. The smallest absolute Gasteiger partial charge is 0.252 e. The lowest BCUT2D eigenvalue weighted by Gasteiger charge is -2.11. The Morgan fingerprint density at radius 3 is 3.06 bits per heavy atom. The van der Waals surface area contributed by atoms with Crippen molar-refractivity contribution in [3.63, 3.8) is 0 Å². The molecule has 92 valence electrons. The van der Waals surface area contributed by atoms with Crippen LogP contribution >= 0.6 is 40.3 Å². The van der Waals surface area contributed by atoms with Gasteiger partial charge in [-0.3, -0.25) is 4.79 Å². The summed E-state index contributed by atoms with van der Waals surface area (Å²) in [5.41, 5.74) is 0.641. The summed E-state index contributed by atoms with van der Waals surface area (Å²) in [7, 11) is 0. The maximum absolute atomic E-state index is 12.0. The topological polar surface area (TPSA) is 29.1 Å². The number of halogens is 1. The van der Waals surface area contributed by atoms with Crippen molar-refractivity contribution in [1.29, 1.82) is 0 Å². The van der Waals surface area contributed by atoms with Gasteiger partial charge in [-0.2, -0.15) is 11.8 Å². The standard InChI is InChI=1S/C12H14BrNOS2/c13-9-1-2-10(11(16)5-9)12(15)14-6-8-3-4-17-7-8/h1-2,5,8,16H,3-4,6-7H2,(H,14,15). The molecule has 0 aromatic heterocycles. The number of thioether (sulfide) groups is 1. The molecule has 1 fully saturated rings. The Bertz CT molecular complexity index is 419. The summed E-state index contributed by atoms with van der Waals surface area (Å²) < 4.78 is 0.936. The van der Waals surface area contributed by atoms with Crippen molar-refractivity contribution < 1.29 is 4.79 Å². The number of amides is 1. The van der Waals surface area contributed by atoms with Crippen molar-refractivity contribution in [3.05, 3.63) is 28.2 Å². The lowest BCUT2D eigenvalue weighted by Crippen LogP contribution is -2.29. The van der Waals surface area contributed by atoms with Crippen LogP contribution in [-0.2, 0) is 0 Å². The first-order chi connectivity index (χ1) is 8.16. The van der Waals surface area contributed by atoms with Gasteiger partial charge in [-0.25, -0.2) is 0 Å². The average Bonchev–Trinajstić information content (AvgIpc) is 2.78. The summed E-state index contributed by atoms with van der Waals surface area (Å²) in [5, 5.41) is 2.98. The fourth-order valence-corrected chi connectivity index (χ4v) is 3.91. The molecule has 2 rings (SSSR count). The highest BCUT2D eigenvalue weighted by Crippen LogP contribution is 2.23. The third kappa shape index (κ3) is 3.66. The predicted molar refractivity (Wildman–Crippen MR) is 79.2 cm³/mol. The van der Waals surface area contributed by atoms with E-state index in [4.69, 9.17) is 0 Å². The van der Waals surface area contributed by atoms with Gasteiger partial charge in [0.2, 0.25) is 0 Å². The number of thiol groups is 1. The molecule has 1 atom stereocenters. The van der Waals surface area contributed by atoms with E-state index in [0.29, 0.717) is 16.4 Å². The van der Waals surface area contributed by atoms with Gasteiger partial charge < -0.3 is 5.32 Å². The molecule has 0 saturated carbocycles. The lowest BCUT2D eigenvalue weighted by molar-refractivity contribution is 0.0945. The summed E-state index contributed by atoms with van der Waals surface area (Å²) in [5.74, 6) is 2.98. The molecule has 0 bridgehead atoms. The molecule has 0 spiro atoms. The number of carbonyl (C=O) groups excluding carboxylic acids is 1. The molecular formula is C12H14BrNOS2. The van der Waals surface area contributed by atoms with Gasteiger partial charge in [0.1, 0.15) is 0 Å². The van der Waals surface area contributed by atoms with Crippen molar-refractivity contribution in [1.82, 2.24) is 5.32 Å². The van der Waals surface area contributed by atoms with Crippen LogP contribution in [0.4, 0.5) is 0 Å². The molecule has 1 aromatic carbocycles. The van der Waals surface area contributed by atoms with Crippen LogP contribution in [0.3, 0.4) is 0 Å². The molecule has 1 heterocycles. The maximum Gasteiger partial charge on any atom is 0.252 e. The SMILES string of the molecule is O=C(NCC1CCSC1)c1ccc(Br)cc1S. The number of benzene rings is 1. The van der Waals surface area contributed by atoms with E-state index in [-0.39, 0.29) is 5.91 Å². The number of hydrogen-bond donors (Lipinski definition) is 2. The fraction of sp³-hybridized carbons (Fsp3) is 0.417. The minimum Gasteiger partial charge on any atom is -0.352 e. The lowest BCUT2D eigenvalue weighted by atomic mass is 10.1. The molecule has 1 N–H and O–H groups in total. The number of hydrogen-bond acceptors (Lipinski definition) is 3. The summed E-state index contributed by atoms with van der Waals surface area (Å²) in [6, 6.07) is 5.49. The van der Waals surface area contributed by atoms with Gasteiger partial charge in [0.15, 0.2) is 0 Å². The molecule has 1 aromatic rings. The Labute approximate surface area is 119 Å². The first-order valence-electron chi connectivity index (χ1n) is 5.51. The molecule has 1 amide bonds. The molecule has 1 unspecified atom stereocenters. The Hall–Kier alpha value is -0.130. The van der Waals surface area contributed by atoms with Crippen LogP contribution in [0.2, 0.25) is 0 Å². The van der Waals surface area contributed by atoms with E-state index >= 15 is 0 Å². The zero-order chi connectivity index (χ0) is 12.3. The van der Waals surface area contributed by atoms with Gasteiger partial charge >= 0.3 is 0 Å². The first-order valence-corrected chi connectivity index (χ1v) is 7.91. The number of rotatable bonds is 3. The molecule has 2 nitrogen and oxygen atoms in total. The van der Waals surface area contributed by atoms with Crippen molar-refractivity contribution in [3.8, 4) is 0 Å². The average molecular weight is 332 g/mol. The van der Waals surface area contributed by atoms with Gasteiger partial charge in [0, 0.05) is 15.9 Å². The second-order valence-corrected chi connectivity index (χ2v) is 6.65. The molecule has 0 radical (unpaired) electrons. The molecule has 1 aliphatic heterocycles. The van der Waals surface area contributed by atoms with Crippen LogP contribution < -0.4 is 5.32 Å². The third-order valence-electron chi connectivity index (χ3n) is 2.78. The molecule has 5 heteroatoms. The van der Waals surface area contributed by atoms with E-state index in [2.05, 4.69) is 33.9 Å². The number of carbonyl (C=O) groups is 1. The van der Waals surface area contributed by atoms with Crippen LogP contribution in [0.5, 0.6) is 0 Å². The Kier molecular flexibility index (Phi) is 4.82. The van der Waals surface area contributed by atoms with E-state index in [1.807, 2.05) is 23.9 Å². The van der Waals surface area contributed by atoms with E-state index in [1.165, 1.54) is 12.2 Å². The van der Waals surface area contributed by atoms with Crippen LogP contribution in [0.15, 0.2) is 27.6 Å². The molecule has 1 aliphatic rings. The zero-order valence-corrected chi connectivity index (χ0v) is 12.6. The summed E-state index contributed by atoms with van der Waals surface area (Å²) in [6.45, 7) is 0.773. The quantitative estimate of drug-likeness (QED) is 0.832. The minimum absolute atomic E-state index is 0.0283. The Balaban J connectivity index is 1.94. The fourth-order valence-electron chi connectivity index (χ4n) is 1.77. The minimum atomic E-state index is -0.0283. The van der Waals surface area contributed by atoms with E-state index < -0.39 is 0 Å². The van der Waals surface area contributed by atoms with Crippen LogP contribution in [0.25, 0.3) is 0 Å². The van der Waals surface area contributed by atoms with Gasteiger partial charge in [0.05, 0.1) is 5.56 Å². The molecule has 1 saturated heterocycles. The largest absolute Gasteiger partial charge is 0.352 e. The van der Waals surface area contributed by atoms with Gasteiger partial charge in [0.25, 0.3) is 5.91 Å². The second kappa shape index (κ2) is 6.16. The van der Waals surface area contributed by atoms with Gasteiger partial charge in [-0.15, -0.1) is 12.6 Å². The second-order valence-electron chi connectivity index (χ2n) is 4.10. The van der Waals surface area contributed by atoms with Crippen molar-refractivity contribution in [2.45, 2.75) is 11.3 Å². The first kappa shape index (κ1) is 13.3. The summed E-state index contributed by atoms with van der Waals surface area (Å²) in [6.07, 6.45) is 1.21. The summed E-state index contributed by atoms with van der Waals surface area (Å²) >= 11 is 9.63. The van der Waals surface area contributed by atoms with Crippen molar-refractivity contribution in [2.24, 2.45) is 5.92 Å². The van der Waals surface area contributed by atoms with Gasteiger partial charge in [-0.1, -0.05) is 15.9 Å². The van der Waals surface area contributed by atoms with E-state index in [0.717, 1.165) is 16.8 Å². The summed E-state index contributed by atoms with van der Waals surface area (Å²) in [4.78, 5) is 12.7. The van der Waals surface area contributed by atoms with Crippen LogP contribution in [0.1, 0.15) is 16.8 Å². The van der Waals surface area contributed by atoms with Crippen LogP contribution in [0, 0.1) is 5.92 Å². The van der Waals surface area contributed by atoms with Crippen molar-refractivity contribution >= 4 is 46.2 Å². The molecule has 17 heavy (non-hydrogen) atoms. The Morgan fingerprint density at radius 2 is 2.41 bits per heavy atom. The zero-order valence-electron chi connectivity index (χ0n) is 9.28. The maximum atomic E-state index is 12.0. The van der Waals surface area contributed by atoms with Crippen molar-refractivity contribution in [2.75, 3.05) is 18.1 Å². The Morgan fingerprint density at radius 1 is 1.59 bits per heavy atom. The molecular weight excluding hydrogens is 318 g/mol. The highest BCUT2D eigenvalue weighted by molar-refractivity contribution is 9.10.